The SMILES string of the molecule is Cc1ccc(S(=O)(=O)N2CCN(C(=O)N3CCOCC3)[C@H]2c2ccccc2)cc1. The van der Waals surface area contributed by atoms with E-state index in [0.717, 1.165) is 11.1 Å². The maximum Gasteiger partial charge on any atom is 0.321 e. The Kier molecular flexibility index (Phi) is 5.58. The molecule has 2 aromatic rings. The predicted molar refractivity (Wildman–Crippen MR) is 109 cm³/mol. The van der Waals surface area contributed by atoms with Crippen LogP contribution in [0.4, 0.5) is 4.79 Å². The van der Waals surface area contributed by atoms with Gasteiger partial charge in [0.05, 0.1) is 18.1 Å². The lowest BCUT2D eigenvalue weighted by molar-refractivity contribution is 0.0400. The summed E-state index contributed by atoms with van der Waals surface area (Å²) in [5.41, 5.74) is 1.77. The van der Waals surface area contributed by atoms with E-state index in [0.29, 0.717) is 32.8 Å². The minimum absolute atomic E-state index is 0.149. The van der Waals surface area contributed by atoms with E-state index >= 15 is 0 Å². The molecule has 0 radical (unpaired) electrons. The predicted octanol–water partition coefficient (Wildman–Crippen LogP) is 2.45. The molecule has 0 aliphatic carbocycles. The molecule has 2 heterocycles. The number of morpholine rings is 1. The quantitative estimate of drug-likeness (QED) is 0.772. The van der Waals surface area contributed by atoms with Crippen LogP contribution >= 0.6 is 0 Å². The summed E-state index contributed by atoms with van der Waals surface area (Å²) in [5, 5.41) is 0. The van der Waals surface area contributed by atoms with Crippen molar-refractivity contribution in [2.45, 2.75) is 18.0 Å². The Hall–Kier alpha value is -2.42. The lowest BCUT2D eigenvalue weighted by Crippen LogP contribution is -2.49. The van der Waals surface area contributed by atoms with Gasteiger partial charge in [-0.25, -0.2) is 13.2 Å². The number of benzene rings is 2. The maximum atomic E-state index is 13.4. The molecule has 4 rings (SSSR count). The molecular formula is C21H25N3O4S. The summed E-state index contributed by atoms with van der Waals surface area (Å²) in [6.07, 6.45) is -0.669. The van der Waals surface area contributed by atoms with E-state index in [1.165, 1.54) is 4.31 Å². The van der Waals surface area contributed by atoms with Gasteiger partial charge < -0.3 is 14.5 Å². The van der Waals surface area contributed by atoms with Crippen molar-refractivity contribution >= 4 is 16.1 Å². The molecule has 154 valence electrons. The molecule has 2 saturated heterocycles. The fraction of sp³-hybridized carbons (Fsp3) is 0.381. The molecule has 2 amide bonds. The molecule has 2 aliphatic rings. The molecular weight excluding hydrogens is 390 g/mol. The van der Waals surface area contributed by atoms with Crippen LogP contribution in [-0.4, -0.2) is 67.9 Å². The van der Waals surface area contributed by atoms with Crippen LogP contribution in [0.3, 0.4) is 0 Å². The molecule has 8 heteroatoms. The molecule has 0 aromatic heterocycles. The Morgan fingerprint density at radius 3 is 2.24 bits per heavy atom. The van der Waals surface area contributed by atoms with E-state index in [1.54, 1.807) is 34.1 Å². The van der Waals surface area contributed by atoms with Gasteiger partial charge in [0.25, 0.3) is 0 Å². The van der Waals surface area contributed by atoms with Gasteiger partial charge in [-0.15, -0.1) is 0 Å². The molecule has 0 unspecified atom stereocenters. The Balaban J connectivity index is 1.70. The summed E-state index contributed by atoms with van der Waals surface area (Å²) >= 11 is 0. The first kappa shape index (κ1) is 19.9. The monoisotopic (exact) mass is 415 g/mol. The molecule has 1 atom stereocenters. The Morgan fingerprint density at radius 1 is 0.931 bits per heavy atom. The first-order valence-corrected chi connectivity index (χ1v) is 11.2. The first-order chi connectivity index (χ1) is 14.0. The van der Waals surface area contributed by atoms with Crippen molar-refractivity contribution in [1.29, 1.82) is 0 Å². The van der Waals surface area contributed by atoms with Crippen LogP contribution in [0.5, 0.6) is 0 Å². The van der Waals surface area contributed by atoms with Crippen molar-refractivity contribution in [3.63, 3.8) is 0 Å². The summed E-state index contributed by atoms with van der Waals surface area (Å²) in [6.45, 7) is 4.56. The summed E-state index contributed by atoms with van der Waals surface area (Å²) < 4.78 is 33.6. The molecule has 0 spiro atoms. The largest absolute Gasteiger partial charge is 0.378 e. The van der Waals surface area contributed by atoms with Crippen LogP contribution in [-0.2, 0) is 14.8 Å². The summed E-state index contributed by atoms with van der Waals surface area (Å²) in [6, 6.07) is 16.0. The average molecular weight is 416 g/mol. The number of carbonyl (C=O) groups excluding carboxylic acids is 1. The van der Waals surface area contributed by atoms with Crippen LogP contribution < -0.4 is 0 Å². The second-order valence-corrected chi connectivity index (χ2v) is 9.18. The molecule has 2 aromatic carbocycles. The van der Waals surface area contributed by atoms with E-state index in [4.69, 9.17) is 4.74 Å². The van der Waals surface area contributed by atoms with Crippen LogP contribution in [0.1, 0.15) is 17.3 Å². The zero-order valence-electron chi connectivity index (χ0n) is 16.4. The number of hydrogen-bond donors (Lipinski definition) is 0. The van der Waals surface area contributed by atoms with E-state index in [1.807, 2.05) is 37.3 Å². The lowest BCUT2D eigenvalue weighted by atomic mass is 10.1. The number of amides is 2. The van der Waals surface area contributed by atoms with Crippen molar-refractivity contribution in [3.8, 4) is 0 Å². The number of aryl methyl sites for hydroxylation is 1. The van der Waals surface area contributed by atoms with Crippen molar-refractivity contribution in [2.24, 2.45) is 0 Å². The van der Waals surface area contributed by atoms with Gasteiger partial charge in [-0.1, -0.05) is 48.0 Å². The minimum atomic E-state index is -3.75. The third-order valence-electron chi connectivity index (χ3n) is 5.38. The molecule has 2 fully saturated rings. The highest BCUT2D eigenvalue weighted by Crippen LogP contribution is 2.35. The smallest absolute Gasteiger partial charge is 0.321 e. The van der Waals surface area contributed by atoms with E-state index in [2.05, 4.69) is 0 Å². The van der Waals surface area contributed by atoms with E-state index < -0.39 is 16.2 Å². The van der Waals surface area contributed by atoms with Crippen LogP contribution in [0, 0.1) is 6.92 Å². The zero-order chi connectivity index (χ0) is 20.4. The molecule has 2 aliphatic heterocycles. The Bertz CT molecular complexity index is 957. The lowest BCUT2D eigenvalue weighted by Gasteiger charge is -2.35. The highest BCUT2D eigenvalue weighted by atomic mass is 32.2. The second kappa shape index (κ2) is 8.14. The van der Waals surface area contributed by atoms with Gasteiger partial charge in [-0.2, -0.15) is 4.31 Å². The topological polar surface area (TPSA) is 70.2 Å². The standard InChI is InChI=1S/C21H25N3O4S/c1-17-7-9-19(10-8-17)29(26,27)24-12-11-23(20(24)18-5-3-2-4-6-18)21(25)22-13-15-28-16-14-22/h2-10,20H,11-16H2,1H3/t20-/m1/s1. The number of nitrogens with zero attached hydrogens (tertiary/aromatic N) is 3. The van der Waals surface area contributed by atoms with Gasteiger partial charge in [0.2, 0.25) is 10.0 Å². The number of rotatable bonds is 3. The molecule has 7 nitrogen and oxygen atoms in total. The third kappa shape index (κ3) is 3.88. The summed E-state index contributed by atoms with van der Waals surface area (Å²) in [7, 11) is -3.75. The van der Waals surface area contributed by atoms with Crippen molar-refractivity contribution in [1.82, 2.24) is 14.1 Å². The van der Waals surface area contributed by atoms with Crippen molar-refractivity contribution in [2.75, 3.05) is 39.4 Å². The summed E-state index contributed by atoms with van der Waals surface area (Å²) in [5.74, 6) is 0. The Labute approximate surface area is 171 Å². The number of sulfonamides is 1. The highest BCUT2D eigenvalue weighted by molar-refractivity contribution is 7.89. The highest BCUT2D eigenvalue weighted by Gasteiger charge is 2.44. The van der Waals surface area contributed by atoms with Gasteiger partial charge in [-0.05, 0) is 24.6 Å². The van der Waals surface area contributed by atoms with Crippen molar-refractivity contribution in [3.05, 3.63) is 65.7 Å². The maximum absolute atomic E-state index is 13.4. The van der Waals surface area contributed by atoms with Crippen LogP contribution in [0.2, 0.25) is 0 Å². The van der Waals surface area contributed by atoms with Gasteiger partial charge >= 0.3 is 6.03 Å². The van der Waals surface area contributed by atoms with Crippen molar-refractivity contribution < 1.29 is 17.9 Å². The summed E-state index contributed by atoms with van der Waals surface area (Å²) in [4.78, 5) is 16.8. The van der Waals surface area contributed by atoms with Gasteiger partial charge in [-0.3, -0.25) is 0 Å². The molecule has 29 heavy (non-hydrogen) atoms. The average Bonchev–Trinajstić information content (AvgIpc) is 3.21. The second-order valence-electron chi connectivity index (χ2n) is 7.29. The Morgan fingerprint density at radius 2 is 1.59 bits per heavy atom. The minimum Gasteiger partial charge on any atom is -0.378 e. The van der Waals surface area contributed by atoms with Crippen LogP contribution in [0.15, 0.2) is 59.5 Å². The van der Waals surface area contributed by atoms with Gasteiger partial charge in [0, 0.05) is 26.2 Å². The van der Waals surface area contributed by atoms with Gasteiger partial charge in [0.1, 0.15) is 6.17 Å². The van der Waals surface area contributed by atoms with Gasteiger partial charge in [0.15, 0.2) is 0 Å². The molecule has 0 bridgehead atoms. The number of hydrogen-bond acceptors (Lipinski definition) is 4. The molecule has 0 N–H and O–H groups in total. The number of urea groups is 1. The number of carbonyl (C=O) groups is 1. The zero-order valence-corrected chi connectivity index (χ0v) is 17.2. The van der Waals surface area contributed by atoms with E-state index in [-0.39, 0.29) is 17.5 Å². The fourth-order valence-electron chi connectivity index (χ4n) is 3.81. The van der Waals surface area contributed by atoms with E-state index in [9.17, 15) is 13.2 Å². The third-order valence-corrected chi connectivity index (χ3v) is 7.25. The van der Waals surface area contributed by atoms with Crippen LogP contribution in [0.25, 0.3) is 0 Å². The fourth-order valence-corrected chi connectivity index (χ4v) is 5.38. The number of ether oxygens (including phenoxy) is 1. The molecule has 0 saturated carbocycles. The first-order valence-electron chi connectivity index (χ1n) is 9.75. The normalized spacial score (nSPS) is 20.8.